The van der Waals surface area contributed by atoms with E-state index in [-0.39, 0.29) is 17.8 Å². The van der Waals surface area contributed by atoms with Gasteiger partial charge in [-0.25, -0.2) is 0 Å². The number of carbonyl (C=O) groups excluding carboxylic acids is 1. The van der Waals surface area contributed by atoms with E-state index in [0.29, 0.717) is 32.7 Å². The van der Waals surface area contributed by atoms with Gasteiger partial charge >= 0.3 is 0 Å². The van der Waals surface area contributed by atoms with Crippen molar-refractivity contribution in [3.05, 3.63) is 63.9 Å². The van der Waals surface area contributed by atoms with E-state index in [2.05, 4.69) is 49.3 Å². The van der Waals surface area contributed by atoms with Crippen LogP contribution in [0, 0.1) is 5.92 Å². The molecule has 0 radical (unpaired) electrons. The van der Waals surface area contributed by atoms with Crippen LogP contribution in [0.5, 0.6) is 5.75 Å². The Labute approximate surface area is 215 Å². The van der Waals surface area contributed by atoms with Gasteiger partial charge in [-0.15, -0.1) is 10.2 Å². The Morgan fingerprint density at radius 3 is 2.47 bits per heavy atom. The van der Waals surface area contributed by atoms with E-state index in [0.717, 1.165) is 23.7 Å². The van der Waals surface area contributed by atoms with Crippen LogP contribution < -0.4 is 10.1 Å². The average Bonchev–Trinajstić information content (AvgIpc) is 3.17. The standard InChI is InChI=1S/C25H30Cl2N4O2S/c1-15(2)13-31-24(17(5)33-22-9-7-6-8-19(22)16(3)4)29-30-25(31)34-14-23(32)28-18-10-11-20(26)21(27)12-18/h6-12,15-17H,13-14H2,1-5H3,(H,28,32). The van der Waals surface area contributed by atoms with Crippen LogP contribution in [0.15, 0.2) is 47.6 Å². The summed E-state index contributed by atoms with van der Waals surface area (Å²) in [4.78, 5) is 12.5. The number of aromatic nitrogens is 3. The molecule has 1 unspecified atom stereocenters. The number of hydrogen-bond donors (Lipinski definition) is 1. The molecule has 9 heteroatoms. The van der Waals surface area contributed by atoms with Gasteiger partial charge in [0.25, 0.3) is 0 Å². The lowest BCUT2D eigenvalue weighted by atomic mass is 10.0. The van der Waals surface area contributed by atoms with Gasteiger partial charge in [0.1, 0.15) is 5.75 Å². The maximum atomic E-state index is 12.5. The molecule has 1 heterocycles. The van der Waals surface area contributed by atoms with Crippen molar-refractivity contribution in [2.75, 3.05) is 11.1 Å². The molecule has 0 aliphatic heterocycles. The minimum absolute atomic E-state index is 0.167. The van der Waals surface area contributed by atoms with Crippen LogP contribution >= 0.6 is 35.0 Å². The largest absolute Gasteiger partial charge is 0.482 e. The Morgan fingerprint density at radius 1 is 1.06 bits per heavy atom. The second-order valence-electron chi connectivity index (χ2n) is 8.76. The fourth-order valence-electron chi connectivity index (χ4n) is 3.45. The van der Waals surface area contributed by atoms with Crippen molar-refractivity contribution in [3.8, 4) is 5.75 Å². The molecule has 1 N–H and O–H groups in total. The number of nitrogens with one attached hydrogen (secondary N) is 1. The number of anilines is 1. The first-order valence-electron chi connectivity index (χ1n) is 11.2. The molecule has 1 aromatic heterocycles. The van der Waals surface area contributed by atoms with Crippen LogP contribution in [0.3, 0.4) is 0 Å². The number of benzene rings is 2. The second-order valence-corrected chi connectivity index (χ2v) is 10.5. The van der Waals surface area contributed by atoms with Gasteiger partial charge in [0, 0.05) is 12.2 Å². The number of ether oxygens (including phenoxy) is 1. The molecular weight excluding hydrogens is 491 g/mol. The third-order valence-corrected chi connectivity index (χ3v) is 6.74. The van der Waals surface area contributed by atoms with Crippen molar-refractivity contribution in [1.82, 2.24) is 14.8 Å². The molecule has 0 fully saturated rings. The highest BCUT2D eigenvalue weighted by molar-refractivity contribution is 7.99. The molecule has 3 aromatic rings. The predicted octanol–water partition coefficient (Wildman–Crippen LogP) is 7.24. The van der Waals surface area contributed by atoms with Gasteiger partial charge in [-0.2, -0.15) is 0 Å². The summed E-state index contributed by atoms with van der Waals surface area (Å²) >= 11 is 13.3. The molecule has 0 spiro atoms. The van der Waals surface area contributed by atoms with Crippen LogP contribution in [0.4, 0.5) is 5.69 Å². The molecular formula is C25H30Cl2N4O2S. The van der Waals surface area contributed by atoms with E-state index in [1.54, 1.807) is 18.2 Å². The van der Waals surface area contributed by atoms with Crippen molar-refractivity contribution in [3.63, 3.8) is 0 Å². The summed E-state index contributed by atoms with van der Waals surface area (Å²) in [6.45, 7) is 11.3. The highest BCUT2D eigenvalue weighted by atomic mass is 35.5. The third kappa shape index (κ3) is 6.90. The SMILES string of the molecule is CC(C)Cn1c(SCC(=O)Nc2ccc(Cl)c(Cl)c2)nnc1C(C)Oc1ccccc1C(C)C. The molecule has 0 aliphatic rings. The van der Waals surface area contributed by atoms with Crippen molar-refractivity contribution >= 4 is 46.6 Å². The minimum atomic E-state index is -0.300. The highest BCUT2D eigenvalue weighted by Gasteiger charge is 2.22. The molecule has 2 aromatic carbocycles. The summed E-state index contributed by atoms with van der Waals surface area (Å²) in [6, 6.07) is 13.0. The normalized spacial score (nSPS) is 12.3. The first-order valence-corrected chi connectivity index (χ1v) is 13.0. The van der Waals surface area contributed by atoms with E-state index in [1.807, 2.05) is 29.7 Å². The Bertz CT molecular complexity index is 1130. The molecule has 34 heavy (non-hydrogen) atoms. The molecule has 0 aliphatic carbocycles. The quantitative estimate of drug-likeness (QED) is 0.285. The second kappa shape index (κ2) is 12.0. The zero-order valence-electron chi connectivity index (χ0n) is 20.0. The van der Waals surface area contributed by atoms with Crippen LogP contribution in [-0.2, 0) is 11.3 Å². The summed E-state index contributed by atoms with van der Waals surface area (Å²) in [6.07, 6.45) is -0.300. The zero-order chi connectivity index (χ0) is 24.8. The Morgan fingerprint density at radius 2 is 1.79 bits per heavy atom. The van der Waals surface area contributed by atoms with E-state index >= 15 is 0 Å². The van der Waals surface area contributed by atoms with Gasteiger partial charge in [0.05, 0.1) is 15.8 Å². The topological polar surface area (TPSA) is 69.0 Å². The lowest BCUT2D eigenvalue weighted by Crippen LogP contribution is -2.17. The molecule has 3 rings (SSSR count). The van der Waals surface area contributed by atoms with Crippen LogP contribution in [0.25, 0.3) is 0 Å². The number of rotatable bonds is 10. The summed E-state index contributed by atoms with van der Waals surface area (Å²) in [5.41, 5.74) is 1.74. The summed E-state index contributed by atoms with van der Waals surface area (Å²) in [5.74, 6) is 2.31. The first kappa shape index (κ1) is 26.4. The van der Waals surface area contributed by atoms with Gasteiger partial charge in [0.15, 0.2) is 17.1 Å². The number of nitrogens with zero attached hydrogens (tertiary/aromatic N) is 3. The van der Waals surface area contributed by atoms with Crippen LogP contribution in [0.2, 0.25) is 10.0 Å². The van der Waals surface area contributed by atoms with Gasteiger partial charge in [-0.1, -0.05) is 80.9 Å². The molecule has 1 atom stereocenters. The molecule has 0 saturated heterocycles. The summed E-state index contributed by atoms with van der Waals surface area (Å²) in [5, 5.41) is 13.1. The van der Waals surface area contributed by atoms with E-state index < -0.39 is 0 Å². The average molecular weight is 522 g/mol. The van der Waals surface area contributed by atoms with Crippen molar-refractivity contribution in [2.45, 2.75) is 58.3 Å². The van der Waals surface area contributed by atoms with Crippen LogP contribution in [0.1, 0.15) is 58.0 Å². The van der Waals surface area contributed by atoms with Gasteiger partial charge in [-0.05, 0) is 48.6 Å². The summed E-state index contributed by atoms with van der Waals surface area (Å²) < 4.78 is 8.36. The summed E-state index contributed by atoms with van der Waals surface area (Å²) in [7, 11) is 0. The van der Waals surface area contributed by atoms with Crippen molar-refractivity contribution in [2.24, 2.45) is 5.92 Å². The molecule has 6 nitrogen and oxygen atoms in total. The lowest BCUT2D eigenvalue weighted by molar-refractivity contribution is -0.113. The monoisotopic (exact) mass is 520 g/mol. The molecule has 1 amide bonds. The van der Waals surface area contributed by atoms with Crippen molar-refractivity contribution < 1.29 is 9.53 Å². The molecule has 0 bridgehead atoms. The maximum absolute atomic E-state index is 12.5. The minimum Gasteiger partial charge on any atom is -0.482 e. The highest BCUT2D eigenvalue weighted by Crippen LogP contribution is 2.31. The predicted molar refractivity (Wildman–Crippen MR) is 140 cm³/mol. The van der Waals surface area contributed by atoms with Gasteiger partial charge < -0.3 is 14.6 Å². The Hall–Kier alpha value is -2.22. The number of thioether (sulfide) groups is 1. The lowest BCUT2D eigenvalue weighted by Gasteiger charge is -2.20. The number of carbonyl (C=O) groups is 1. The van der Waals surface area contributed by atoms with Gasteiger partial charge in [0.2, 0.25) is 5.91 Å². The Kier molecular flexibility index (Phi) is 9.28. The molecule has 0 saturated carbocycles. The maximum Gasteiger partial charge on any atom is 0.234 e. The van der Waals surface area contributed by atoms with Crippen molar-refractivity contribution in [1.29, 1.82) is 0 Å². The zero-order valence-corrected chi connectivity index (χ0v) is 22.3. The first-order chi connectivity index (χ1) is 16.2. The number of amides is 1. The fraction of sp³-hybridized carbons (Fsp3) is 0.400. The van der Waals surface area contributed by atoms with Gasteiger partial charge in [-0.3, -0.25) is 4.79 Å². The van der Waals surface area contributed by atoms with E-state index in [1.165, 1.54) is 11.8 Å². The number of hydrogen-bond acceptors (Lipinski definition) is 5. The van der Waals surface area contributed by atoms with Crippen LogP contribution in [-0.4, -0.2) is 26.4 Å². The fourth-order valence-corrected chi connectivity index (χ4v) is 4.51. The van der Waals surface area contributed by atoms with E-state index in [4.69, 9.17) is 27.9 Å². The van der Waals surface area contributed by atoms with E-state index in [9.17, 15) is 4.79 Å². The smallest absolute Gasteiger partial charge is 0.234 e. The number of para-hydroxylation sites is 1. The number of halogens is 2. The third-order valence-electron chi connectivity index (χ3n) is 5.04. The Balaban J connectivity index is 1.73. The molecule has 182 valence electrons.